The summed E-state index contributed by atoms with van der Waals surface area (Å²) in [5, 5.41) is 0. The Morgan fingerprint density at radius 3 is 0.685 bits per heavy atom. The van der Waals surface area contributed by atoms with Crippen LogP contribution in [0.2, 0.25) is 0 Å². The summed E-state index contributed by atoms with van der Waals surface area (Å²) in [5.74, 6) is -0.845. The number of carbonyl (C=O) groups is 3. The average Bonchev–Trinajstić information content (AvgIpc) is 3.39. The molecule has 0 rings (SSSR count). The average molecular weight is 1030 g/mol. The van der Waals surface area contributed by atoms with E-state index in [0.717, 1.165) is 57.8 Å². The maximum Gasteiger partial charge on any atom is 0.306 e. The molecule has 0 bridgehead atoms. The molecule has 73 heavy (non-hydrogen) atoms. The Bertz CT molecular complexity index is 1130. The second kappa shape index (κ2) is 62.7. The molecular weight excluding hydrogens is 901 g/mol. The van der Waals surface area contributed by atoms with Crippen molar-refractivity contribution in [2.45, 2.75) is 386 Å². The molecule has 0 saturated heterocycles. The van der Waals surface area contributed by atoms with E-state index >= 15 is 0 Å². The van der Waals surface area contributed by atoms with Crippen molar-refractivity contribution in [2.24, 2.45) is 0 Å². The van der Waals surface area contributed by atoms with E-state index in [1.807, 2.05) is 0 Å². The van der Waals surface area contributed by atoms with Gasteiger partial charge in [-0.05, 0) is 44.9 Å². The van der Waals surface area contributed by atoms with Gasteiger partial charge in [-0.2, -0.15) is 0 Å². The molecule has 0 spiro atoms. The molecule has 0 aliphatic carbocycles. The SMILES string of the molecule is CCCCCCCCC/C=C\CCCCCCCCCC(=O)OC(COC(=O)CCCCCCCCCCC)COC(=O)CCCCCCCCCCCCCCCCCCCCCCCCCCCCCC. The van der Waals surface area contributed by atoms with Crippen LogP contribution in [0.3, 0.4) is 0 Å². The van der Waals surface area contributed by atoms with Crippen molar-refractivity contribution in [3.05, 3.63) is 12.2 Å². The normalized spacial score (nSPS) is 12.0. The van der Waals surface area contributed by atoms with Gasteiger partial charge in [0.2, 0.25) is 0 Å². The summed E-state index contributed by atoms with van der Waals surface area (Å²) in [7, 11) is 0. The van der Waals surface area contributed by atoms with Gasteiger partial charge in [0.15, 0.2) is 6.10 Å². The summed E-state index contributed by atoms with van der Waals surface area (Å²) < 4.78 is 16.9. The molecule has 0 aromatic rings. The maximum absolute atomic E-state index is 12.9. The third-order valence-corrected chi connectivity index (χ3v) is 15.3. The van der Waals surface area contributed by atoms with E-state index in [1.165, 1.54) is 283 Å². The highest BCUT2D eigenvalue weighted by Crippen LogP contribution is 2.18. The van der Waals surface area contributed by atoms with Gasteiger partial charge in [-0.3, -0.25) is 14.4 Å². The summed E-state index contributed by atoms with van der Waals surface area (Å²) >= 11 is 0. The van der Waals surface area contributed by atoms with Crippen molar-refractivity contribution in [2.75, 3.05) is 13.2 Å². The molecule has 0 heterocycles. The highest BCUT2D eigenvalue weighted by Gasteiger charge is 2.19. The van der Waals surface area contributed by atoms with Crippen LogP contribution in [0.15, 0.2) is 12.2 Å². The fourth-order valence-electron chi connectivity index (χ4n) is 10.3. The predicted octanol–water partition coefficient (Wildman–Crippen LogP) is 22.4. The highest BCUT2D eigenvalue weighted by molar-refractivity contribution is 5.71. The van der Waals surface area contributed by atoms with Gasteiger partial charge in [0.05, 0.1) is 0 Å². The smallest absolute Gasteiger partial charge is 0.306 e. The second-order valence-corrected chi connectivity index (χ2v) is 22.7. The van der Waals surface area contributed by atoms with Crippen molar-refractivity contribution in [1.29, 1.82) is 0 Å². The topological polar surface area (TPSA) is 78.9 Å². The molecule has 0 saturated carbocycles. The Hall–Kier alpha value is -1.85. The van der Waals surface area contributed by atoms with Gasteiger partial charge in [-0.15, -0.1) is 0 Å². The molecule has 432 valence electrons. The fraction of sp³-hybridized carbons (Fsp3) is 0.925. The van der Waals surface area contributed by atoms with Crippen LogP contribution in [0.1, 0.15) is 380 Å². The van der Waals surface area contributed by atoms with Crippen LogP contribution in [0.5, 0.6) is 0 Å². The van der Waals surface area contributed by atoms with Crippen LogP contribution < -0.4 is 0 Å². The van der Waals surface area contributed by atoms with Gasteiger partial charge >= 0.3 is 17.9 Å². The summed E-state index contributed by atoms with van der Waals surface area (Å²) in [6, 6.07) is 0. The van der Waals surface area contributed by atoms with Crippen LogP contribution in [0.25, 0.3) is 0 Å². The van der Waals surface area contributed by atoms with Crippen molar-refractivity contribution >= 4 is 17.9 Å². The number of rotatable bonds is 62. The van der Waals surface area contributed by atoms with Crippen LogP contribution in [-0.4, -0.2) is 37.2 Å². The largest absolute Gasteiger partial charge is 0.462 e. The van der Waals surface area contributed by atoms with Gasteiger partial charge in [-0.1, -0.05) is 328 Å². The number of unbranched alkanes of at least 4 members (excludes halogenated alkanes) is 49. The Balaban J connectivity index is 4.08. The summed E-state index contributed by atoms with van der Waals surface area (Å²) in [6.45, 7) is 6.69. The Labute approximate surface area is 456 Å². The molecule has 0 aliphatic heterocycles. The van der Waals surface area contributed by atoms with Gasteiger partial charge in [-0.25, -0.2) is 0 Å². The van der Waals surface area contributed by atoms with E-state index in [9.17, 15) is 14.4 Å². The van der Waals surface area contributed by atoms with Crippen LogP contribution in [-0.2, 0) is 28.6 Å². The number of esters is 3. The number of hydrogen-bond acceptors (Lipinski definition) is 6. The molecule has 0 aromatic heterocycles. The van der Waals surface area contributed by atoms with Gasteiger partial charge in [0.1, 0.15) is 13.2 Å². The zero-order chi connectivity index (χ0) is 52.9. The van der Waals surface area contributed by atoms with Crippen LogP contribution in [0, 0.1) is 0 Å². The minimum atomic E-state index is -0.767. The highest BCUT2D eigenvalue weighted by atomic mass is 16.6. The molecule has 0 N–H and O–H groups in total. The summed E-state index contributed by atoms with van der Waals surface area (Å²) in [6.07, 6.45) is 73.9. The molecule has 0 amide bonds. The van der Waals surface area contributed by atoms with Crippen LogP contribution >= 0.6 is 0 Å². The molecular formula is C67H128O6. The number of hydrogen-bond donors (Lipinski definition) is 0. The lowest BCUT2D eigenvalue weighted by atomic mass is 10.0. The fourth-order valence-corrected chi connectivity index (χ4v) is 10.3. The van der Waals surface area contributed by atoms with Crippen molar-refractivity contribution in [1.82, 2.24) is 0 Å². The third kappa shape index (κ3) is 60.9. The zero-order valence-corrected chi connectivity index (χ0v) is 49.7. The minimum absolute atomic E-state index is 0.0657. The Kier molecular flexibility index (Phi) is 61.1. The van der Waals surface area contributed by atoms with Gasteiger partial charge < -0.3 is 14.2 Å². The van der Waals surface area contributed by atoms with Crippen molar-refractivity contribution in [3.63, 3.8) is 0 Å². The van der Waals surface area contributed by atoms with E-state index in [1.54, 1.807) is 0 Å². The number of allylic oxidation sites excluding steroid dienone is 2. The standard InChI is InChI=1S/C67H128O6/c1-4-7-10-13-16-19-21-23-25-27-29-30-31-32-33-34-35-36-37-38-40-41-43-45-48-51-54-57-60-66(69)72-63-64(62-71-65(68)59-56-53-50-47-18-15-12-9-6-3)73-67(70)61-58-55-52-49-46-44-42-39-28-26-24-22-20-17-14-11-8-5-2/h26,28,64H,4-25,27,29-63H2,1-3H3/b28-26-. The Morgan fingerprint density at radius 2 is 0.452 bits per heavy atom. The molecule has 1 atom stereocenters. The maximum atomic E-state index is 12.9. The summed E-state index contributed by atoms with van der Waals surface area (Å²) in [4.78, 5) is 38.2. The molecule has 0 aliphatic rings. The van der Waals surface area contributed by atoms with E-state index in [4.69, 9.17) is 14.2 Å². The minimum Gasteiger partial charge on any atom is -0.462 e. The monoisotopic (exact) mass is 1030 g/mol. The summed E-state index contributed by atoms with van der Waals surface area (Å²) in [5.41, 5.74) is 0. The number of ether oxygens (including phenoxy) is 3. The molecule has 6 nitrogen and oxygen atoms in total. The molecule has 0 radical (unpaired) electrons. The van der Waals surface area contributed by atoms with E-state index in [2.05, 4.69) is 32.9 Å². The second-order valence-electron chi connectivity index (χ2n) is 22.7. The van der Waals surface area contributed by atoms with Gasteiger partial charge in [0, 0.05) is 19.3 Å². The Morgan fingerprint density at radius 1 is 0.260 bits per heavy atom. The van der Waals surface area contributed by atoms with E-state index < -0.39 is 6.10 Å². The zero-order valence-electron chi connectivity index (χ0n) is 49.7. The first-order chi connectivity index (χ1) is 36.0. The van der Waals surface area contributed by atoms with Crippen LogP contribution in [0.4, 0.5) is 0 Å². The number of carbonyl (C=O) groups excluding carboxylic acids is 3. The van der Waals surface area contributed by atoms with Gasteiger partial charge in [0.25, 0.3) is 0 Å². The first-order valence-corrected chi connectivity index (χ1v) is 33.2. The first kappa shape index (κ1) is 71.2. The van der Waals surface area contributed by atoms with Crippen molar-refractivity contribution in [3.8, 4) is 0 Å². The van der Waals surface area contributed by atoms with E-state index in [0.29, 0.717) is 19.3 Å². The molecule has 0 fully saturated rings. The quantitative estimate of drug-likeness (QED) is 0.0261. The molecule has 6 heteroatoms. The lowest BCUT2D eigenvalue weighted by Crippen LogP contribution is -2.30. The third-order valence-electron chi connectivity index (χ3n) is 15.3. The lowest BCUT2D eigenvalue weighted by Gasteiger charge is -2.18. The molecule has 1 unspecified atom stereocenters. The predicted molar refractivity (Wildman–Crippen MR) is 317 cm³/mol. The first-order valence-electron chi connectivity index (χ1n) is 33.2. The lowest BCUT2D eigenvalue weighted by molar-refractivity contribution is -0.167. The molecule has 0 aromatic carbocycles. The van der Waals surface area contributed by atoms with E-state index in [-0.39, 0.29) is 31.1 Å². The van der Waals surface area contributed by atoms with Crippen molar-refractivity contribution < 1.29 is 28.6 Å².